The zero-order chi connectivity index (χ0) is 14.4. The van der Waals surface area contributed by atoms with Gasteiger partial charge in [0.05, 0.1) is 11.4 Å². The average Bonchev–Trinajstić information content (AvgIpc) is 2.53. The summed E-state index contributed by atoms with van der Waals surface area (Å²) in [4.78, 5) is 2.21. The number of anilines is 2. The van der Waals surface area contributed by atoms with Gasteiger partial charge in [0, 0.05) is 0 Å². The summed E-state index contributed by atoms with van der Waals surface area (Å²) in [5.41, 5.74) is 3.04. The van der Waals surface area contributed by atoms with E-state index in [1.54, 1.807) is 0 Å². The zero-order valence-electron chi connectivity index (χ0n) is 12.0. The number of benzene rings is 2. The number of para-hydroxylation sites is 4. The molecule has 0 saturated heterocycles. The molecular weight excluding hydrogens is 262 g/mol. The Hall–Kier alpha value is -2.68. The van der Waals surface area contributed by atoms with Crippen LogP contribution in [0.2, 0.25) is 0 Å². The lowest BCUT2D eigenvalue weighted by Gasteiger charge is -2.38. The first-order chi connectivity index (χ1) is 10.3. The molecule has 2 aliphatic heterocycles. The third kappa shape index (κ3) is 1.67. The van der Waals surface area contributed by atoms with E-state index in [1.165, 1.54) is 0 Å². The zero-order valence-corrected chi connectivity index (χ0v) is 12.0. The molecule has 0 fully saturated rings. The number of hydrogen-bond donors (Lipinski definition) is 0. The second-order valence-corrected chi connectivity index (χ2v) is 5.03. The van der Waals surface area contributed by atoms with E-state index in [0.717, 1.165) is 40.1 Å². The minimum absolute atomic E-state index is 0.820. The van der Waals surface area contributed by atoms with Crippen LogP contribution in [0.3, 0.4) is 0 Å². The topological polar surface area (TPSA) is 21.7 Å². The van der Waals surface area contributed by atoms with Crippen LogP contribution in [-0.4, -0.2) is 0 Å². The summed E-state index contributed by atoms with van der Waals surface area (Å²) >= 11 is 0. The molecule has 3 heteroatoms. The average molecular weight is 277 g/mol. The van der Waals surface area contributed by atoms with Gasteiger partial charge < -0.3 is 9.47 Å². The van der Waals surface area contributed by atoms with Crippen molar-refractivity contribution in [1.82, 2.24) is 0 Å². The van der Waals surface area contributed by atoms with Crippen LogP contribution < -0.4 is 14.4 Å². The van der Waals surface area contributed by atoms with Crippen molar-refractivity contribution >= 4 is 11.4 Å². The van der Waals surface area contributed by atoms with Gasteiger partial charge in [-0.3, -0.25) is 4.90 Å². The Balaban J connectivity index is 2.04. The fourth-order valence-corrected chi connectivity index (χ4v) is 2.84. The van der Waals surface area contributed by atoms with Crippen molar-refractivity contribution < 1.29 is 9.47 Å². The molecule has 2 heterocycles. The van der Waals surface area contributed by atoms with E-state index in [9.17, 15) is 0 Å². The third-order valence-electron chi connectivity index (χ3n) is 3.75. The third-order valence-corrected chi connectivity index (χ3v) is 3.75. The maximum Gasteiger partial charge on any atom is 0.151 e. The van der Waals surface area contributed by atoms with Crippen molar-refractivity contribution in [2.24, 2.45) is 0 Å². The number of nitrogens with zero attached hydrogens (tertiary/aromatic N) is 1. The van der Waals surface area contributed by atoms with E-state index in [1.807, 2.05) is 56.3 Å². The van der Waals surface area contributed by atoms with E-state index < -0.39 is 0 Å². The lowest BCUT2D eigenvalue weighted by Crippen LogP contribution is -2.30. The van der Waals surface area contributed by atoms with Crippen LogP contribution in [0.5, 0.6) is 11.5 Å². The standard InChI is InChI=1S/C18H15NO2/c1-3-15-18-12(2)20-16-10-6-4-8-13(16)19(18)14-9-5-7-11-17(14)21-15/h3-11H,1-2H3/b15-3+. The molecule has 0 atom stereocenters. The monoisotopic (exact) mass is 277 g/mol. The molecule has 2 aliphatic rings. The molecule has 0 amide bonds. The second kappa shape index (κ2) is 4.42. The molecule has 0 bridgehead atoms. The van der Waals surface area contributed by atoms with Crippen molar-refractivity contribution in [2.45, 2.75) is 13.8 Å². The van der Waals surface area contributed by atoms with Gasteiger partial charge in [-0.15, -0.1) is 0 Å². The highest BCUT2D eigenvalue weighted by Crippen LogP contribution is 2.50. The molecule has 0 N–H and O–H groups in total. The van der Waals surface area contributed by atoms with Gasteiger partial charge in [0.1, 0.15) is 11.5 Å². The van der Waals surface area contributed by atoms with Crippen LogP contribution in [0.15, 0.2) is 71.8 Å². The van der Waals surface area contributed by atoms with Gasteiger partial charge in [0.2, 0.25) is 0 Å². The van der Waals surface area contributed by atoms with E-state index in [-0.39, 0.29) is 0 Å². The van der Waals surface area contributed by atoms with Gasteiger partial charge in [-0.2, -0.15) is 0 Å². The van der Waals surface area contributed by atoms with Crippen molar-refractivity contribution in [1.29, 1.82) is 0 Å². The Kier molecular flexibility index (Phi) is 2.54. The lowest BCUT2D eigenvalue weighted by molar-refractivity contribution is 0.375. The predicted molar refractivity (Wildman–Crippen MR) is 82.7 cm³/mol. The molecule has 0 radical (unpaired) electrons. The molecule has 3 nitrogen and oxygen atoms in total. The summed E-state index contributed by atoms with van der Waals surface area (Å²) in [6, 6.07) is 16.1. The Bertz CT molecular complexity index is 789. The summed E-state index contributed by atoms with van der Waals surface area (Å²) < 4.78 is 12.0. The van der Waals surface area contributed by atoms with E-state index in [2.05, 4.69) is 17.0 Å². The quantitative estimate of drug-likeness (QED) is 0.694. The van der Waals surface area contributed by atoms with Crippen molar-refractivity contribution in [3.8, 4) is 11.5 Å². The van der Waals surface area contributed by atoms with Crippen LogP contribution in [0.25, 0.3) is 0 Å². The number of hydrogen-bond acceptors (Lipinski definition) is 3. The number of rotatable bonds is 0. The van der Waals surface area contributed by atoms with Crippen molar-refractivity contribution in [2.75, 3.05) is 4.90 Å². The highest BCUT2D eigenvalue weighted by Gasteiger charge is 2.34. The first kappa shape index (κ1) is 12.1. The Morgan fingerprint density at radius 2 is 1.43 bits per heavy atom. The van der Waals surface area contributed by atoms with E-state index >= 15 is 0 Å². The minimum atomic E-state index is 0.820. The Labute approximate surface area is 123 Å². The molecule has 21 heavy (non-hydrogen) atoms. The van der Waals surface area contributed by atoms with Crippen LogP contribution >= 0.6 is 0 Å². The maximum absolute atomic E-state index is 6.02. The summed E-state index contributed by atoms with van der Waals surface area (Å²) in [6.07, 6.45) is 1.97. The van der Waals surface area contributed by atoms with Crippen LogP contribution in [0.1, 0.15) is 13.8 Å². The molecule has 0 aliphatic carbocycles. The van der Waals surface area contributed by atoms with Gasteiger partial charge in [-0.1, -0.05) is 24.3 Å². The van der Waals surface area contributed by atoms with Crippen molar-refractivity contribution in [3.63, 3.8) is 0 Å². The molecular formula is C18H15NO2. The highest BCUT2D eigenvalue weighted by atomic mass is 16.5. The Morgan fingerprint density at radius 1 is 0.857 bits per heavy atom. The van der Waals surface area contributed by atoms with Crippen LogP contribution in [0, 0.1) is 0 Å². The highest BCUT2D eigenvalue weighted by molar-refractivity contribution is 5.82. The Morgan fingerprint density at radius 3 is 2.05 bits per heavy atom. The maximum atomic E-state index is 6.02. The molecule has 0 aromatic heterocycles. The summed E-state index contributed by atoms with van der Waals surface area (Å²) in [7, 11) is 0. The fraction of sp³-hybridized carbons (Fsp3) is 0.111. The molecule has 0 spiro atoms. The minimum Gasteiger partial charge on any atom is -0.457 e. The summed E-state index contributed by atoms with van der Waals surface area (Å²) in [6.45, 7) is 3.95. The first-order valence-electron chi connectivity index (χ1n) is 7.01. The SMILES string of the molecule is C/C=C1/Oc2ccccc2N2C1=C(C)Oc1ccccc12. The summed E-state index contributed by atoms with van der Waals surface area (Å²) in [5.74, 6) is 3.39. The smallest absolute Gasteiger partial charge is 0.151 e. The van der Waals surface area contributed by atoms with Gasteiger partial charge >= 0.3 is 0 Å². The molecule has 4 rings (SSSR count). The van der Waals surface area contributed by atoms with Gasteiger partial charge in [-0.05, 0) is 44.2 Å². The number of fused-ring (bicyclic) bond motifs is 5. The van der Waals surface area contributed by atoms with Crippen LogP contribution in [-0.2, 0) is 0 Å². The molecule has 104 valence electrons. The molecule has 0 saturated carbocycles. The number of allylic oxidation sites excluding steroid dienone is 2. The fourth-order valence-electron chi connectivity index (χ4n) is 2.84. The largest absolute Gasteiger partial charge is 0.457 e. The molecule has 2 aromatic rings. The number of ether oxygens (including phenoxy) is 2. The van der Waals surface area contributed by atoms with Gasteiger partial charge in [0.15, 0.2) is 17.3 Å². The van der Waals surface area contributed by atoms with Crippen LogP contribution in [0.4, 0.5) is 11.4 Å². The first-order valence-corrected chi connectivity index (χ1v) is 7.01. The van der Waals surface area contributed by atoms with E-state index in [0.29, 0.717) is 0 Å². The van der Waals surface area contributed by atoms with E-state index in [4.69, 9.17) is 9.47 Å². The lowest BCUT2D eigenvalue weighted by atomic mass is 10.1. The summed E-state index contributed by atoms with van der Waals surface area (Å²) in [5, 5.41) is 0. The van der Waals surface area contributed by atoms with Gasteiger partial charge in [0.25, 0.3) is 0 Å². The molecule has 2 aromatic carbocycles. The molecule has 0 unspecified atom stereocenters. The predicted octanol–water partition coefficient (Wildman–Crippen LogP) is 4.74. The second-order valence-electron chi connectivity index (χ2n) is 5.03. The van der Waals surface area contributed by atoms with Crippen molar-refractivity contribution in [3.05, 3.63) is 71.8 Å². The normalized spacial score (nSPS) is 17.6. The van der Waals surface area contributed by atoms with Gasteiger partial charge in [-0.25, -0.2) is 0 Å².